The molecular formula is C29H31N3O4S2. The second-order valence-electron chi connectivity index (χ2n) is 9.77. The molecule has 4 rings (SSSR count). The highest BCUT2D eigenvalue weighted by atomic mass is 32.2. The van der Waals surface area contributed by atoms with Crippen LogP contribution >= 0.6 is 11.8 Å². The summed E-state index contributed by atoms with van der Waals surface area (Å²) in [5.74, 6) is -0.197. The van der Waals surface area contributed by atoms with E-state index in [1.165, 1.54) is 34.4 Å². The van der Waals surface area contributed by atoms with Gasteiger partial charge in [0.05, 0.1) is 4.90 Å². The van der Waals surface area contributed by atoms with E-state index in [4.69, 9.17) is 0 Å². The molecule has 0 spiro atoms. The molecule has 0 radical (unpaired) electrons. The Morgan fingerprint density at radius 3 is 1.97 bits per heavy atom. The number of rotatable bonds is 10. The van der Waals surface area contributed by atoms with Crippen molar-refractivity contribution in [2.45, 2.75) is 43.4 Å². The zero-order valence-corrected chi connectivity index (χ0v) is 23.4. The van der Waals surface area contributed by atoms with Crippen molar-refractivity contribution in [1.82, 2.24) is 4.90 Å². The minimum absolute atomic E-state index is 0.121. The number of hydrogen-bond acceptors (Lipinski definition) is 6. The summed E-state index contributed by atoms with van der Waals surface area (Å²) in [7, 11) is -3.72. The average Bonchev–Trinajstić information content (AvgIpc) is 3.09. The van der Waals surface area contributed by atoms with Gasteiger partial charge in [-0.3, -0.25) is 19.2 Å². The summed E-state index contributed by atoms with van der Waals surface area (Å²) in [4.78, 5) is 29.0. The van der Waals surface area contributed by atoms with Crippen LogP contribution in [-0.2, 0) is 19.6 Å². The van der Waals surface area contributed by atoms with Gasteiger partial charge in [-0.25, -0.2) is 8.42 Å². The highest BCUT2D eigenvalue weighted by Gasteiger charge is 2.39. The molecule has 0 atom stereocenters. The van der Waals surface area contributed by atoms with Gasteiger partial charge in [-0.2, -0.15) is 0 Å². The SMILES string of the molecule is CC(C)CN1C(=O)C(Nc2ccc(C(C)C)cc2)=C(Sc2ccc(NS(=O)(=O)c3ccccc3)cc2)C1=O. The number of carbonyl (C=O) groups is 2. The molecule has 0 bridgehead atoms. The molecule has 38 heavy (non-hydrogen) atoms. The molecule has 0 saturated heterocycles. The standard InChI is InChI=1S/C29H31N3O4S2/c1-19(2)18-32-28(33)26(30-22-12-10-21(11-13-22)20(3)4)27(29(32)34)37-24-16-14-23(15-17-24)31-38(35,36)25-8-6-5-7-9-25/h5-17,19-20,30-31H,18H2,1-4H3. The molecule has 7 nitrogen and oxygen atoms in total. The maximum absolute atomic E-state index is 13.3. The van der Waals surface area contributed by atoms with Gasteiger partial charge in [0.15, 0.2) is 0 Å². The van der Waals surface area contributed by atoms with Crippen LogP contribution in [0.25, 0.3) is 0 Å². The van der Waals surface area contributed by atoms with E-state index in [2.05, 4.69) is 23.9 Å². The number of benzene rings is 3. The Hall–Kier alpha value is -3.56. The lowest BCUT2D eigenvalue weighted by Crippen LogP contribution is -2.35. The van der Waals surface area contributed by atoms with Gasteiger partial charge in [0.2, 0.25) is 0 Å². The highest BCUT2D eigenvalue weighted by Crippen LogP contribution is 2.37. The topological polar surface area (TPSA) is 95.6 Å². The fraction of sp³-hybridized carbons (Fsp3) is 0.241. The van der Waals surface area contributed by atoms with Gasteiger partial charge in [-0.15, -0.1) is 0 Å². The molecule has 2 amide bonds. The van der Waals surface area contributed by atoms with E-state index in [0.29, 0.717) is 28.0 Å². The first-order valence-corrected chi connectivity index (χ1v) is 14.7. The Balaban J connectivity index is 1.58. The fourth-order valence-electron chi connectivity index (χ4n) is 3.91. The Bertz CT molecular complexity index is 1450. The molecule has 1 aliphatic rings. The lowest BCUT2D eigenvalue weighted by Gasteiger charge is -2.17. The zero-order valence-electron chi connectivity index (χ0n) is 21.8. The Labute approximate surface area is 228 Å². The van der Waals surface area contributed by atoms with Crippen molar-refractivity contribution >= 4 is 45.0 Å². The lowest BCUT2D eigenvalue weighted by molar-refractivity contribution is -0.137. The summed E-state index contributed by atoms with van der Waals surface area (Å²) in [6.45, 7) is 8.46. The van der Waals surface area contributed by atoms with Crippen LogP contribution in [0.2, 0.25) is 0 Å². The summed E-state index contributed by atoms with van der Waals surface area (Å²) in [6.07, 6.45) is 0. The predicted octanol–water partition coefficient (Wildman–Crippen LogP) is 6.05. The molecule has 0 fully saturated rings. The van der Waals surface area contributed by atoms with Gasteiger partial charge in [0.25, 0.3) is 21.8 Å². The third-order valence-electron chi connectivity index (χ3n) is 5.90. The van der Waals surface area contributed by atoms with E-state index >= 15 is 0 Å². The normalized spacial score (nSPS) is 14.1. The molecule has 2 N–H and O–H groups in total. The number of nitrogens with zero attached hydrogens (tertiary/aromatic N) is 1. The summed E-state index contributed by atoms with van der Waals surface area (Å²) in [5.41, 5.74) is 2.54. The Kier molecular flexibility index (Phi) is 8.28. The maximum atomic E-state index is 13.3. The van der Waals surface area contributed by atoms with Crippen molar-refractivity contribution in [2.75, 3.05) is 16.6 Å². The molecule has 3 aromatic carbocycles. The summed E-state index contributed by atoms with van der Waals surface area (Å²) in [5, 5.41) is 3.18. The minimum atomic E-state index is -3.72. The highest BCUT2D eigenvalue weighted by molar-refractivity contribution is 8.04. The maximum Gasteiger partial charge on any atom is 0.278 e. The first kappa shape index (κ1) is 27.5. The number of sulfonamides is 1. The number of amides is 2. The average molecular weight is 550 g/mol. The summed E-state index contributed by atoms with van der Waals surface area (Å²) in [6, 6.07) is 22.6. The van der Waals surface area contributed by atoms with Crippen LogP contribution in [0.5, 0.6) is 0 Å². The summed E-state index contributed by atoms with van der Waals surface area (Å²) < 4.78 is 27.8. The molecule has 1 heterocycles. The van der Waals surface area contributed by atoms with Crippen LogP contribution in [0.3, 0.4) is 0 Å². The first-order valence-electron chi connectivity index (χ1n) is 12.4. The molecular weight excluding hydrogens is 518 g/mol. The lowest BCUT2D eigenvalue weighted by atomic mass is 10.0. The zero-order chi connectivity index (χ0) is 27.4. The van der Waals surface area contributed by atoms with Gasteiger partial charge >= 0.3 is 0 Å². The van der Waals surface area contributed by atoms with Crippen LogP contribution < -0.4 is 10.0 Å². The van der Waals surface area contributed by atoms with Crippen LogP contribution in [0, 0.1) is 5.92 Å². The van der Waals surface area contributed by atoms with E-state index in [-0.39, 0.29) is 28.3 Å². The van der Waals surface area contributed by atoms with Crippen molar-refractivity contribution in [2.24, 2.45) is 5.92 Å². The second-order valence-corrected chi connectivity index (χ2v) is 12.5. The number of anilines is 2. The Morgan fingerprint density at radius 1 is 0.789 bits per heavy atom. The fourth-order valence-corrected chi connectivity index (χ4v) is 5.93. The summed E-state index contributed by atoms with van der Waals surface area (Å²) >= 11 is 1.18. The van der Waals surface area contributed by atoms with Gasteiger partial charge in [-0.05, 0) is 65.9 Å². The first-order chi connectivity index (χ1) is 18.0. The van der Waals surface area contributed by atoms with Crippen molar-refractivity contribution in [3.05, 3.63) is 95.0 Å². The monoisotopic (exact) mass is 549 g/mol. The van der Waals surface area contributed by atoms with E-state index in [1.807, 2.05) is 38.1 Å². The van der Waals surface area contributed by atoms with Crippen LogP contribution in [-0.4, -0.2) is 31.7 Å². The van der Waals surface area contributed by atoms with Gasteiger partial charge in [0, 0.05) is 22.8 Å². The van der Waals surface area contributed by atoms with Crippen LogP contribution in [0.4, 0.5) is 11.4 Å². The van der Waals surface area contributed by atoms with Crippen LogP contribution in [0.15, 0.2) is 99.3 Å². The molecule has 3 aromatic rings. The van der Waals surface area contributed by atoms with Gasteiger partial charge in [-0.1, -0.05) is 69.8 Å². The number of hydrogen-bond donors (Lipinski definition) is 2. The molecule has 0 unspecified atom stereocenters. The smallest absolute Gasteiger partial charge is 0.278 e. The van der Waals surface area contributed by atoms with Crippen molar-refractivity contribution in [3.63, 3.8) is 0 Å². The predicted molar refractivity (Wildman–Crippen MR) is 152 cm³/mol. The van der Waals surface area contributed by atoms with Gasteiger partial charge in [0.1, 0.15) is 10.6 Å². The third kappa shape index (κ3) is 6.28. The van der Waals surface area contributed by atoms with Gasteiger partial charge < -0.3 is 5.32 Å². The third-order valence-corrected chi connectivity index (χ3v) is 8.39. The molecule has 198 valence electrons. The second kappa shape index (κ2) is 11.4. The van der Waals surface area contributed by atoms with E-state index in [1.54, 1.807) is 42.5 Å². The Morgan fingerprint density at radius 2 is 1.39 bits per heavy atom. The number of imide groups is 1. The van der Waals surface area contributed by atoms with Crippen molar-refractivity contribution in [1.29, 1.82) is 0 Å². The van der Waals surface area contributed by atoms with E-state index in [9.17, 15) is 18.0 Å². The van der Waals surface area contributed by atoms with E-state index < -0.39 is 10.0 Å². The minimum Gasteiger partial charge on any atom is -0.350 e. The van der Waals surface area contributed by atoms with Crippen LogP contribution in [0.1, 0.15) is 39.2 Å². The molecule has 0 saturated carbocycles. The molecule has 0 aliphatic carbocycles. The molecule has 1 aliphatic heterocycles. The number of thioether (sulfide) groups is 1. The molecule has 0 aromatic heterocycles. The van der Waals surface area contributed by atoms with Crippen molar-refractivity contribution < 1.29 is 18.0 Å². The largest absolute Gasteiger partial charge is 0.350 e. The quantitative estimate of drug-likeness (QED) is 0.299. The number of nitrogens with one attached hydrogen (secondary N) is 2. The number of carbonyl (C=O) groups excluding carboxylic acids is 2. The van der Waals surface area contributed by atoms with E-state index in [0.717, 1.165) is 5.69 Å². The molecule has 9 heteroatoms. The van der Waals surface area contributed by atoms with Crippen molar-refractivity contribution in [3.8, 4) is 0 Å².